The molecule has 0 aliphatic rings. The normalized spacial score (nSPS) is 10.3. The molecule has 0 heterocycles. The standard InChI is InChI=1S/C14H12Cl2N2O/c1-8-2-4-13(11(16)6-8)19-12-5-3-9(15)7-10(12)14(17)18/h2-7H,1H3,(H3,17,18). The molecular formula is C14H12Cl2N2O. The molecule has 2 aromatic rings. The van der Waals surface area contributed by atoms with Gasteiger partial charge in [-0.05, 0) is 42.8 Å². The Kier molecular flexibility index (Phi) is 3.98. The van der Waals surface area contributed by atoms with Crippen molar-refractivity contribution in [3.63, 3.8) is 0 Å². The second kappa shape index (κ2) is 5.51. The summed E-state index contributed by atoms with van der Waals surface area (Å²) in [6, 6.07) is 10.4. The van der Waals surface area contributed by atoms with Gasteiger partial charge in [0.1, 0.15) is 17.3 Å². The first-order valence-corrected chi connectivity index (χ1v) is 6.31. The molecule has 0 atom stereocenters. The van der Waals surface area contributed by atoms with Crippen LogP contribution >= 0.6 is 23.2 Å². The number of aryl methyl sites for hydroxylation is 1. The first-order chi connectivity index (χ1) is 8.97. The Bertz CT molecular complexity index is 641. The van der Waals surface area contributed by atoms with E-state index in [0.29, 0.717) is 27.1 Å². The molecule has 98 valence electrons. The van der Waals surface area contributed by atoms with Crippen molar-refractivity contribution in [2.45, 2.75) is 6.92 Å². The highest BCUT2D eigenvalue weighted by atomic mass is 35.5. The monoisotopic (exact) mass is 294 g/mol. The van der Waals surface area contributed by atoms with Crippen molar-refractivity contribution in [1.82, 2.24) is 0 Å². The Morgan fingerprint density at radius 2 is 1.79 bits per heavy atom. The average molecular weight is 295 g/mol. The van der Waals surface area contributed by atoms with Crippen molar-refractivity contribution < 1.29 is 4.74 Å². The SMILES string of the molecule is Cc1ccc(Oc2ccc(Cl)cc2C(=N)N)c(Cl)c1. The van der Waals surface area contributed by atoms with Gasteiger partial charge in [-0.25, -0.2) is 0 Å². The van der Waals surface area contributed by atoms with Crippen molar-refractivity contribution in [3.8, 4) is 11.5 Å². The van der Waals surface area contributed by atoms with E-state index in [2.05, 4.69) is 0 Å². The van der Waals surface area contributed by atoms with Crippen LogP contribution in [0.3, 0.4) is 0 Å². The molecule has 0 aromatic heterocycles. The van der Waals surface area contributed by atoms with E-state index in [1.807, 2.05) is 13.0 Å². The van der Waals surface area contributed by atoms with Crippen molar-refractivity contribution >= 4 is 29.0 Å². The molecule has 0 saturated heterocycles. The van der Waals surface area contributed by atoms with Gasteiger partial charge in [0.15, 0.2) is 0 Å². The Morgan fingerprint density at radius 1 is 1.11 bits per heavy atom. The molecule has 19 heavy (non-hydrogen) atoms. The Hall–Kier alpha value is -1.71. The zero-order valence-electron chi connectivity index (χ0n) is 10.2. The van der Waals surface area contributed by atoms with E-state index in [9.17, 15) is 0 Å². The minimum atomic E-state index is -0.110. The number of amidine groups is 1. The van der Waals surface area contributed by atoms with Gasteiger partial charge in [-0.1, -0.05) is 29.3 Å². The van der Waals surface area contributed by atoms with Gasteiger partial charge in [-0.3, -0.25) is 5.41 Å². The molecule has 0 radical (unpaired) electrons. The molecule has 0 fully saturated rings. The van der Waals surface area contributed by atoms with Gasteiger partial charge in [0.25, 0.3) is 0 Å². The van der Waals surface area contributed by atoms with Crippen molar-refractivity contribution in [3.05, 3.63) is 57.6 Å². The summed E-state index contributed by atoms with van der Waals surface area (Å²) in [5, 5.41) is 8.53. The third-order valence-electron chi connectivity index (χ3n) is 2.54. The molecule has 0 saturated carbocycles. The van der Waals surface area contributed by atoms with Crippen LogP contribution in [0.2, 0.25) is 10.0 Å². The number of rotatable bonds is 3. The van der Waals surface area contributed by atoms with E-state index in [-0.39, 0.29) is 5.84 Å². The maximum atomic E-state index is 7.53. The molecule has 0 unspecified atom stereocenters. The molecular weight excluding hydrogens is 283 g/mol. The lowest BCUT2D eigenvalue weighted by atomic mass is 10.2. The largest absolute Gasteiger partial charge is 0.455 e. The average Bonchev–Trinajstić information content (AvgIpc) is 2.34. The molecule has 2 rings (SSSR count). The Balaban J connectivity index is 2.40. The van der Waals surface area contributed by atoms with Gasteiger partial charge >= 0.3 is 0 Å². The number of nitrogens with two attached hydrogens (primary N) is 1. The highest BCUT2D eigenvalue weighted by molar-refractivity contribution is 6.32. The molecule has 0 bridgehead atoms. The molecule has 5 heteroatoms. The number of nitrogens with one attached hydrogen (secondary N) is 1. The van der Waals surface area contributed by atoms with E-state index in [4.69, 9.17) is 39.1 Å². The van der Waals surface area contributed by atoms with E-state index >= 15 is 0 Å². The summed E-state index contributed by atoms with van der Waals surface area (Å²) in [4.78, 5) is 0. The zero-order valence-corrected chi connectivity index (χ0v) is 11.7. The molecule has 3 N–H and O–H groups in total. The van der Waals surface area contributed by atoms with Gasteiger partial charge in [0.05, 0.1) is 10.6 Å². The van der Waals surface area contributed by atoms with E-state index in [1.165, 1.54) is 0 Å². The smallest absolute Gasteiger partial charge is 0.146 e. The summed E-state index contributed by atoms with van der Waals surface area (Å²) < 4.78 is 5.70. The van der Waals surface area contributed by atoms with Crippen LogP contribution in [0.15, 0.2) is 36.4 Å². The quantitative estimate of drug-likeness (QED) is 0.652. The minimum Gasteiger partial charge on any atom is -0.455 e. The highest BCUT2D eigenvalue weighted by Gasteiger charge is 2.10. The van der Waals surface area contributed by atoms with Crippen LogP contribution in [0.1, 0.15) is 11.1 Å². The maximum Gasteiger partial charge on any atom is 0.146 e. The van der Waals surface area contributed by atoms with Gasteiger partial charge in [0, 0.05) is 5.02 Å². The number of ether oxygens (including phenoxy) is 1. The summed E-state index contributed by atoms with van der Waals surface area (Å²) in [5.41, 5.74) is 6.99. The molecule has 0 aliphatic heterocycles. The second-order valence-electron chi connectivity index (χ2n) is 4.09. The fraction of sp³-hybridized carbons (Fsp3) is 0.0714. The second-order valence-corrected chi connectivity index (χ2v) is 4.93. The summed E-state index contributed by atoms with van der Waals surface area (Å²) in [6.07, 6.45) is 0. The van der Waals surface area contributed by atoms with Gasteiger partial charge in [-0.2, -0.15) is 0 Å². The Labute approximate surface area is 121 Å². The molecule has 0 amide bonds. The van der Waals surface area contributed by atoms with Crippen LogP contribution in [-0.2, 0) is 0 Å². The minimum absolute atomic E-state index is 0.110. The van der Waals surface area contributed by atoms with Crippen LogP contribution < -0.4 is 10.5 Å². The molecule has 3 nitrogen and oxygen atoms in total. The predicted octanol–water partition coefficient (Wildman–Crippen LogP) is 4.38. The number of hydrogen-bond acceptors (Lipinski definition) is 2. The van der Waals surface area contributed by atoms with Crippen LogP contribution in [0.4, 0.5) is 0 Å². The molecule has 0 aliphatic carbocycles. The predicted molar refractivity (Wildman–Crippen MR) is 78.7 cm³/mol. The first kappa shape index (κ1) is 13.7. The van der Waals surface area contributed by atoms with E-state index in [1.54, 1.807) is 30.3 Å². The lowest BCUT2D eigenvalue weighted by molar-refractivity contribution is 0.481. The summed E-state index contributed by atoms with van der Waals surface area (Å²) in [6.45, 7) is 1.94. The maximum absolute atomic E-state index is 7.53. The van der Waals surface area contributed by atoms with Crippen LogP contribution in [0, 0.1) is 12.3 Å². The third kappa shape index (κ3) is 3.19. The summed E-state index contributed by atoms with van der Waals surface area (Å²) in [5.74, 6) is 0.848. The lowest BCUT2D eigenvalue weighted by Gasteiger charge is -2.12. The van der Waals surface area contributed by atoms with E-state index < -0.39 is 0 Å². The van der Waals surface area contributed by atoms with Gasteiger partial charge in [-0.15, -0.1) is 0 Å². The van der Waals surface area contributed by atoms with Crippen LogP contribution in [0.5, 0.6) is 11.5 Å². The number of hydrogen-bond donors (Lipinski definition) is 2. The first-order valence-electron chi connectivity index (χ1n) is 5.55. The molecule has 2 aromatic carbocycles. The van der Waals surface area contributed by atoms with E-state index in [0.717, 1.165) is 5.56 Å². The fourth-order valence-electron chi connectivity index (χ4n) is 1.61. The Morgan fingerprint density at radius 3 is 2.42 bits per heavy atom. The topological polar surface area (TPSA) is 59.1 Å². The van der Waals surface area contributed by atoms with Crippen molar-refractivity contribution in [1.29, 1.82) is 5.41 Å². The molecule has 0 spiro atoms. The summed E-state index contributed by atoms with van der Waals surface area (Å²) in [7, 11) is 0. The van der Waals surface area contributed by atoms with Crippen molar-refractivity contribution in [2.24, 2.45) is 5.73 Å². The van der Waals surface area contributed by atoms with Gasteiger partial charge in [0.2, 0.25) is 0 Å². The summed E-state index contributed by atoms with van der Waals surface area (Å²) >= 11 is 12.0. The van der Waals surface area contributed by atoms with Crippen LogP contribution in [-0.4, -0.2) is 5.84 Å². The van der Waals surface area contributed by atoms with Gasteiger partial charge < -0.3 is 10.5 Å². The third-order valence-corrected chi connectivity index (χ3v) is 3.07. The highest BCUT2D eigenvalue weighted by Crippen LogP contribution is 2.32. The number of benzene rings is 2. The number of halogens is 2. The van der Waals surface area contributed by atoms with Crippen molar-refractivity contribution in [2.75, 3.05) is 0 Å². The fourth-order valence-corrected chi connectivity index (χ4v) is 2.05. The zero-order chi connectivity index (χ0) is 14.0. The lowest BCUT2D eigenvalue weighted by Crippen LogP contribution is -2.12. The number of nitrogen functional groups attached to an aromatic ring is 1. The van der Waals surface area contributed by atoms with Crippen LogP contribution in [0.25, 0.3) is 0 Å².